The highest BCUT2D eigenvalue weighted by Gasteiger charge is 2.08. The van der Waals surface area contributed by atoms with Crippen molar-refractivity contribution in [2.24, 2.45) is 0 Å². The van der Waals surface area contributed by atoms with Crippen molar-refractivity contribution in [1.29, 1.82) is 0 Å². The third-order valence-electron chi connectivity index (χ3n) is 2.03. The van der Waals surface area contributed by atoms with Crippen LogP contribution in [0.4, 0.5) is 0 Å². The van der Waals surface area contributed by atoms with E-state index < -0.39 is 0 Å². The molecule has 0 saturated carbocycles. The van der Waals surface area contributed by atoms with Gasteiger partial charge in [-0.1, -0.05) is 36.4 Å². The molecule has 0 N–H and O–H groups in total. The molecule has 1 heteroatoms. The van der Waals surface area contributed by atoms with Crippen LogP contribution in [0.15, 0.2) is 30.3 Å². The van der Waals surface area contributed by atoms with Crippen molar-refractivity contribution in [2.45, 2.75) is 6.42 Å². The second kappa shape index (κ2) is 2.80. The fourth-order valence-corrected chi connectivity index (χ4v) is 1.43. The Hall–Kier alpha value is -1.59. The lowest BCUT2D eigenvalue weighted by Gasteiger charge is -2.09. The Balaban J connectivity index is 2.68. The molecule has 0 fully saturated rings. The molecular weight excluding hydrogens is 148 g/mol. The average molecular weight is 156 g/mol. The first-order chi connectivity index (χ1) is 5.92. The Morgan fingerprint density at radius 1 is 1.25 bits per heavy atom. The molecule has 0 atom stereocenters. The lowest BCUT2D eigenvalue weighted by molar-refractivity contribution is 0.569. The average Bonchev–Trinajstić information content (AvgIpc) is 2.17. The summed E-state index contributed by atoms with van der Waals surface area (Å²) in [6.45, 7) is 0. The molecule has 0 spiro atoms. The molecular formula is C11H8O. The van der Waals surface area contributed by atoms with E-state index in [4.69, 9.17) is 0 Å². The summed E-state index contributed by atoms with van der Waals surface area (Å²) in [5.74, 6) is 1.98. The SMILES string of the molecule is O=C=C1CC=Cc2ccccc21. The van der Waals surface area contributed by atoms with Crippen molar-refractivity contribution in [3.05, 3.63) is 41.5 Å². The van der Waals surface area contributed by atoms with Gasteiger partial charge in [-0.2, -0.15) is 0 Å². The maximum atomic E-state index is 10.5. The Morgan fingerprint density at radius 2 is 2.08 bits per heavy atom. The van der Waals surface area contributed by atoms with Crippen molar-refractivity contribution >= 4 is 17.6 Å². The molecule has 0 aliphatic heterocycles. The van der Waals surface area contributed by atoms with Gasteiger partial charge >= 0.3 is 0 Å². The quantitative estimate of drug-likeness (QED) is 0.527. The van der Waals surface area contributed by atoms with Crippen LogP contribution >= 0.6 is 0 Å². The highest BCUT2D eigenvalue weighted by atomic mass is 16.1. The van der Waals surface area contributed by atoms with Crippen LogP contribution in [-0.2, 0) is 4.79 Å². The van der Waals surface area contributed by atoms with E-state index in [0.29, 0.717) is 6.42 Å². The van der Waals surface area contributed by atoms with E-state index in [1.165, 1.54) is 0 Å². The standard InChI is InChI=1S/C11H8O/c12-8-10-6-3-5-9-4-1-2-7-11(9)10/h1-5,7H,6H2. The van der Waals surface area contributed by atoms with Gasteiger partial charge in [-0.15, -0.1) is 0 Å². The molecule has 12 heavy (non-hydrogen) atoms. The van der Waals surface area contributed by atoms with E-state index in [0.717, 1.165) is 16.7 Å². The molecule has 0 saturated heterocycles. The van der Waals surface area contributed by atoms with E-state index >= 15 is 0 Å². The summed E-state index contributed by atoms with van der Waals surface area (Å²) in [5, 5.41) is 0. The molecule has 0 aromatic heterocycles. The Morgan fingerprint density at radius 3 is 2.92 bits per heavy atom. The van der Waals surface area contributed by atoms with Crippen LogP contribution in [0.2, 0.25) is 0 Å². The molecule has 0 bridgehead atoms. The van der Waals surface area contributed by atoms with Crippen LogP contribution < -0.4 is 0 Å². The fourth-order valence-electron chi connectivity index (χ4n) is 1.43. The predicted octanol–water partition coefficient (Wildman–Crippen LogP) is 2.32. The molecule has 0 radical (unpaired) electrons. The number of carbonyl (C=O) groups excluding carboxylic acids is 1. The minimum Gasteiger partial charge on any atom is -0.233 e. The van der Waals surface area contributed by atoms with Gasteiger partial charge in [0.2, 0.25) is 0 Å². The van der Waals surface area contributed by atoms with E-state index in [2.05, 4.69) is 0 Å². The number of hydrogen-bond donors (Lipinski definition) is 0. The normalized spacial score (nSPS) is 13.8. The Labute approximate surface area is 71.0 Å². The van der Waals surface area contributed by atoms with Crippen molar-refractivity contribution < 1.29 is 4.79 Å². The van der Waals surface area contributed by atoms with Crippen LogP contribution in [0, 0.1) is 0 Å². The molecule has 1 aromatic carbocycles. The minimum atomic E-state index is 0.709. The van der Waals surface area contributed by atoms with Crippen LogP contribution in [0.3, 0.4) is 0 Å². The molecule has 1 aliphatic carbocycles. The van der Waals surface area contributed by atoms with Gasteiger partial charge in [0.25, 0.3) is 0 Å². The lowest BCUT2D eigenvalue weighted by Crippen LogP contribution is -1.92. The topological polar surface area (TPSA) is 17.1 Å². The summed E-state index contributed by atoms with van der Waals surface area (Å²) in [4.78, 5) is 10.5. The van der Waals surface area contributed by atoms with Gasteiger partial charge in [-0.3, -0.25) is 0 Å². The highest BCUT2D eigenvalue weighted by molar-refractivity contribution is 5.93. The maximum Gasteiger partial charge on any atom is 0.128 e. The maximum absolute atomic E-state index is 10.5. The third kappa shape index (κ3) is 1.01. The molecule has 2 rings (SSSR count). The second-order valence-corrected chi connectivity index (χ2v) is 2.77. The van der Waals surface area contributed by atoms with Crippen LogP contribution in [0.1, 0.15) is 17.5 Å². The Bertz CT molecular complexity index is 382. The molecule has 58 valence electrons. The zero-order valence-corrected chi connectivity index (χ0v) is 6.58. The van der Waals surface area contributed by atoms with E-state index in [1.807, 2.05) is 42.4 Å². The highest BCUT2D eigenvalue weighted by Crippen LogP contribution is 2.25. The first kappa shape index (κ1) is 7.08. The van der Waals surface area contributed by atoms with Gasteiger partial charge in [0, 0.05) is 12.0 Å². The monoisotopic (exact) mass is 156 g/mol. The van der Waals surface area contributed by atoms with Gasteiger partial charge < -0.3 is 0 Å². The van der Waals surface area contributed by atoms with Crippen LogP contribution in [-0.4, -0.2) is 5.94 Å². The van der Waals surface area contributed by atoms with Gasteiger partial charge in [0.1, 0.15) is 5.94 Å². The van der Waals surface area contributed by atoms with Crippen LogP contribution in [0.5, 0.6) is 0 Å². The zero-order valence-electron chi connectivity index (χ0n) is 6.58. The number of fused-ring (bicyclic) bond motifs is 1. The molecule has 0 amide bonds. The summed E-state index contributed by atoms with van der Waals surface area (Å²) >= 11 is 0. The zero-order chi connectivity index (χ0) is 8.39. The summed E-state index contributed by atoms with van der Waals surface area (Å²) in [6, 6.07) is 7.87. The van der Waals surface area contributed by atoms with Crippen molar-refractivity contribution in [2.75, 3.05) is 0 Å². The number of hydrogen-bond acceptors (Lipinski definition) is 1. The van der Waals surface area contributed by atoms with Gasteiger partial charge in [0.15, 0.2) is 0 Å². The first-order valence-corrected chi connectivity index (χ1v) is 3.92. The number of rotatable bonds is 0. The number of allylic oxidation sites excluding steroid dienone is 2. The molecule has 1 aliphatic rings. The predicted molar refractivity (Wildman–Crippen MR) is 49.2 cm³/mol. The van der Waals surface area contributed by atoms with Crippen molar-refractivity contribution in [3.8, 4) is 0 Å². The lowest BCUT2D eigenvalue weighted by atomic mass is 9.94. The van der Waals surface area contributed by atoms with E-state index in [-0.39, 0.29) is 0 Å². The smallest absolute Gasteiger partial charge is 0.128 e. The summed E-state index contributed by atoms with van der Waals surface area (Å²) in [5.41, 5.74) is 2.89. The molecule has 0 heterocycles. The van der Waals surface area contributed by atoms with Crippen molar-refractivity contribution in [3.63, 3.8) is 0 Å². The largest absolute Gasteiger partial charge is 0.233 e. The summed E-state index contributed by atoms with van der Waals surface area (Å²) in [6.07, 6.45) is 4.74. The Kier molecular flexibility index (Phi) is 1.65. The molecule has 1 nitrogen and oxygen atoms in total. The van der Waals surface area contributed by atoms with E-state index in [9.17, 15) is 4.79 Å². The van der Waals surface area contributed by atoms with Crippen molar-refractivity contribution in [1.82, 2.24) is 0 Å². The summed E-state index contributed by atoms with van der Waals surface area (Å²) in [7, 11) is 0. The third-order valence-corrected chi connectivity index (χ3v) is 2.03. The summed E-state index contributed by atoms with van der Waals surface area (Å²) < 4.78 is 0. The first-order valence-electron chi connectivity index (χ1n) is 3.92. The van der Waals surface area contributed by atoms with Crippen LogP contribution in [0.25, 0.3) is 11.6 Å². The minimum absolute atomic E-state index is 0.709. The second-order valence-electron chi connectivity index (χ2n) is 2.77. The number of benzene rings is 1. The van der Waals surface area contributed by atoms with Gasteiger partial charge in [0.05, 0.1) is 0 Å². The fraction of sp³-hybridized carbons (Fsp3) is 0.0909. The molecule has 1 aromatic rings. The van der Waals surface area contributed by atoms with Gasteiger partial charge in [-0.05, 0) is 11.1 Å². The molecule has 0 unspecified atom stereocenters. The van der Waals surface area contributed by atoms with E-state index in [1.54, 1.807) is 0 Å². The van der Waals surface area contributed by atoms with Gasteiger partial charge in [-0.25, -0.2) is 4.79 Å².